The van der Waals surface area contributed by atoms with Gasteiger partial charge >= 0.3 is 0 Å². The highest BCUT2D eigenvalue weighted by atomic mass is 32.2. The van der Waals surface area contributed by atoms with Crippen LogP contribution in [0.25, 0.3) is 0 Å². The van der Waals surface area contributed by atoms with Gasteiger partial charge in [-0.3, -0.25) is 4.21 Å². The lowest BCUT2D eigenvalue weighted by molar-refractivity contribution is 0.597. The summed E-state index contributed by atoms with van der Waals surface area (Å²) in [6.07, 6.45) is 0. The molecule has 1 rings (SSSR count). The second kappa shape index (κ2) is 6.64. The first-order chi connectivity index (χ1) is 8.49. The van der Waals surface area contributed by atoms with Crippen molar-refractivity contribution in [1.82, 2.24) is 0 Å². The first-order valence-corrected chi connectivity index (χ1v) is 8.41. The molecule has 0 saturated carbocycles. The van der Waals surface area contributed by atoms with Gasteiger partial charge in [0.05, 0.1) is 22.3 Å². The quantitative estimate of drug-likeness (QED) is 0.795. The van der Waals surface area contributed by atoms with Crippen LogP contribution in [0.2, 0.25) is 0 Å². The molecule has 0 aliphatic heterocycles. The number of nitriles is 1. The van der Waals surface area contributed by atoms with Crippen LogP contribution in [-0.2, 0) is 20.6 Å². The number of benzene rings is 1. The van der Waals surface area contributed by atoms with Crippen LogP contribution in [0.3, 0.4) is 0 Å². The van der Waals surface area contributed by atoms with Crippen LogP contribution in [-0.4, -0.2) is 36.4 Å². The third-order valence-corrected chi connectivity index (χ3v) is 5.61. The molecule has 0 radical (unpaired) electrons. The van der Waals surface area contributed by atoms with E-state index in [4.69, 9.17) is 11.0 Å². The fraction of sp³-hybridized carbons (Fsp3) is 0.364. The van der Waals surface area contributed by atoms with Gasteiger partial charge in [0, 0.05) is 28.9 Å². The minimum absolute atomic E-state index is 0.0829. The van der Waals surface area contributed by atoms with Gasteiger partial charge in [-0.25, -0.2) is 8.42 Å². The zero-order valence-electron chi connectivity index (χ0n) is 9.70. The molecule has 1 aromatic carbocycles. The van der Waals surface area contributed by atoms with Gasteiger partial charge in [-0.1, -0.05) is 0 Å². The molecule has 0 amide bonds. The minimum Gasteiger partial charge on any atom is -0.330 e. The molecule has 0 spiro atoms. The predicted octanol–water partition coefficient (Wildman–Crippen LogP) is 0.0394. The Balaban J connectivity index is 2.74. The lowest BCUT2D eigenvalue weighted by atomic mass is 10.2. The van der Waals surface area contributed by atoms with Crippen molar-refractivity contribution in [1.29, 1.82) is 5.26 Å². The Labute approximate surface area is 109 Å². The van der Waals surface area contributed by atoms with Gasteiger partial charge in [-0.2, -0.15) is 5.26 Å². The highest BCUT2D eigenvalue weighted by Crippen LogP contribution is 2.12. The van der Waals surface area contributed by atoms with E-state index >= 15 is 0 Å². The van der Waals surface area contributed by atoms with E-state index in [1.54, 1.807) is 0 Å². The Morgan fingerprint density at radius 2 is 1.83 bits per heavy atom. The number of hydrogen-bond donors (Lipinski definition) is 1. The minimum atomic E-state index is -3.44. The van der Waals surface area contributed by atoms with Crippen molar-refractivity contribution in [3.05, 3.63) is 29.8 Å². The molecule has 7 heteroatoms. The second-order valence-corrected chi connectivity index (χ2v) is 7.40. The van der Waals surface area contributed by atoms with Crippen molar-refractivity contribution in [2.24, 2.45) is 5.73 Å². The van der Waals surface area contributed by atoms with Crippen molar-refractivity contribution >= 4 is 20.6 Å². The lowest BCUT2D eigenvalue weighted by Gasteiger charge is -2.04. The molecular weight excluding hydrogens is 272 g/mol. The Morgan fingerprint density at radius 3 is 2.33 bits per heavy atom. The average Bonchev–Trinajstić information content (AvgIpc) is 2.37. The van der Waals surface area contributed by atoms with Crippen LogP contribution in [0.4, 0.5) is 0 Å². The van der Waals surface area contributed by atoms with Gasteiger partial charge in [0.1, 0.15) is 0 Å². The molecule has 0 aliphatic rings. The summed E-state index contributed by atoms with van der Waals surface area (Å²) in [5, 5.41) is 8.61. The summed E-state index contributed by atoms with van der Waals surface area (Å²) in [6.45, 7) is 0.281. The van der Waals surface area contributed by atoms with E-state index in [2.05, 4.69) is 0 Å². The Hall–Kier alpha value is -1.23. The molecule has 1 atom stereocenters. The smallest absolute Gasteiger partial charge is 0.179 e. The topological polar surface area (TPSA) is 101 Å². The molecule has 98 valence electrons. The average molecular weight is 286 g/mol. The molecular formula is C11H14N2O3S2. The van der Waals surface area contributed by atoms with Crippen LogP contribution in [0.1, 0.15) is 5.56 Å². The molecule has 0 fully saturated rings. The molecule has 0 bridgehead atoms. The first kappa shape index (κ1) is 14.8. The van der Waals surface area contributed by atoms with Crippen LogP contribution >= 0.6 is 0 Å². The summed E-state index contributed by atoms with van der Waals surface area (Å²) in [7, 11) is -4.64. The fourth-order valence-corrected chi connectivity index (χ4v) is 4.17. The molecule has 1 aromatic rings. The lowest BCUT2D eigenvalue weighted by Crippen LogP contribution is -2.18. The van der Waals surface area contributed by atoms with Gasteiger partial charge in [0.25, 0.3) is 0 Å². The molecule has 0 saturated heterocycles. The molecule has 1 unspecified atom stereocenters. The van der Waals surface area contributed by atoms with Crippen LogP contribution < -0.4 is 5.73 Å². The zero-order valence-corrected chi connectivity index (χ0v) is 11.3. The molecule has 18 heavy (non-hydrogen) atoms. The second-order valence-electron chi connectivity index (χ2n) is 3.59. The summed E-state index contributed by atoms with van der Waals surface area (Å²) in [4.78, 5) is 0.145. The Kier molecular flexibility index (Phi) is 5.47. The largest absolute Gasteiger partial charge is 0.330 e. The molecule has 0 heterocycles. The maximum Gasteiger partial charge on any atom is 0.179 e. The van der Waals surface area contributed by atoms with Crippen LogP contribution in [0.15, 0.2) is 29.2 Å². The summed E-state index contributed by atoms with van der Waals surface area (Å²) >= 11 is 0. The summed E-state index contributed by atoms with van der Waals surface area (Å²) in [5.41, 5.74) is 5.64. The number of nitrogens with zero attached hydrogens (tertiary/aromatic N) is 1. The molecule has 2 N–H and O–H groups in total. The van der Waals surface area contributed by atoms with E-state index < -0.39 is 20.6 Å². The monoisotopic (exact) mass is 286 g/mol. The zero-order chi connectivity index (χ0) is 13.6. The van der Waals surface area contributed by atoms with E-state index in [1.165, 1.54) is 24.3 Å². The predicted molar refractivity (Wildman–Crippen MR) is 70.1 cm³/mol. The number of nitrogens with two attached hydrogens (primary N) is 1. The van der Waals surface area contributed by atoms with Gasteiger partial charge in [-0.05, 0) is 24.3 Å². The third kappa shape index (κ3) is 4.22. The van der Waals surface area contributed by atoms with Crippen LogP contribution in [0, 0.1) is 11.3 Å². The maximum absolute atomic E-state index is 11.9. The van der Waals surface area contributed by atoms with E-state index in [9.17, 15) is 12.6 Å². The number of rotatable bonds is 6. The third-order valence-electron chi connectivity index (χ3n) is 2.27. The Bertz CT molecular complexity index is 559. The van der Waals surface area contributed by atoms with E-state index in [1.807, 2.05) is 6.07 Å². The van der Waals surface area contributed by atoms with Crippen molar-refractivity contribution in [3.63, 3.8) is 0 Å². The molecule has 5 nitrogen and oxygen atoms in total. The summed E-state index contributed by atoms with van der Waals surface area (Å²) in [6, 6.07) is 7.59. The highest BCUT2D eigenvalue weighted by molar-refractivity contribution is 7.93. The Morgan fingerprint density at radius 1 is 1.22 bits per heavy atom. The van der Waals surface area contributed by atoms with E-state index in [-0.39, 0.29) is 22.9 Å². The van der Waals surface area contributed by atoms with Gasteiger partial charge in [0.15, 0.2) is 9.84 Å². The summed E-state index contributed by atoms with van der Waals surface area (Å²) < 4.78 is 35.1. The highest BCUT2D eigenvalue weighted by Gasteiger charge is 2.15. The van der Waals surface area contributed by atoms with Gasteiger partial charge in [0.2, 0.25) is 0 Å². The standard InChI is InChI=1S/C11H14N2O3S2/c12-5-6-17(14)7-8-18(15,16)11-3-1-10(9-13)2-4-11/h1-4H,5-8,12H2. The van der Waals surface area contributed by atoms with Crippen molar-refractivity contribution in [2.45, 2.75) is 4.90 Å². The molecule has 0 aromatic heterocycles. The van der Waals surface area contributed by atoms with Crippen molar-refractivity contribution < 1.29 is 12.6 Å². The van der Waals surface area contributed by atoms with E-state index in [0.29, 0.717) is 11.3 Å². The maximum atomic E-state index is 11.9. The van der Waals surface area contributed by atoms with Gasteiger partial charge < -0.3 is 5.73 Å². The van der Waals surface area contributed by atoms with Gasteiger partial charge in [-0.15, -0.1) is 0 Å². The molecule has 0 aliphatic carbocycles. The van der Waals surface area contributed by atoms with Crippen molar-refractivity contribution in [3.8, 4) is 6.07 Å². The van der Waals surface area contributed by atoms with E-state index in [0.717, 1.165) is 0 Å². The van der Waals surface area contributed by atoms with Crippen LogP contribution in [0.5, 0.6) is 0 Å². The normalized spacial score (nSPS) is 12.9. The van der Waals surface area contributed by atoms with Crippen molar-refractivity contribution in [2.75, 3.05) is 23.8 Å². The summed E-state index contributed by atoms with van der Waals surface area (Å²) in [5.74, 6) is 0.216. The number of sulfone groups is 1. The fourth-order valence-electron chi connectivity index (χ4n) is 1.29. The number of hydrogen-bond acceptors (Lipinski definition) is 5. The first-order valence-electron chi connectivity index (χ1n) is 5.27. The SMILES string of the molecule is N#Cc1ccc(S(=O)(=O)CCS(=O)CCN)cc1.